The molecule has 1 aromatic heterocycles. The molecule has 2 heterocycles. The Morgan fingerprint density at radius 2 is 1.95 bits per heavy atom. The first-order valence-corrected chi connectivity index (χ1v) is 8.28. The summed E-state index contributed by atoms with van der Waals surface area (Å²) in [5.41, 5.74) is 0.854. The summed E-state index contributed by atoms with van der Waals surface area (Å²) in [7, 11) is 0. The third kappa shape index (κ3) is 2.90. The summed E-state index contributed by atoms with van der Waals surface area (Å²) in [5.74, 6) is 1.35. The van der Waals surface area contributed by atoms with Gasteiger partial charge in [-0.05, 0) is 25.2 Å². The van der Waals surface area contributed by atoms with Crippen molar-refractivity contribution in [2.24, 2.45) is 11.8 Å². The van der Waals surface area contributed by atoms with Gasteiger partial charge < -0.3 is 4.90 Å². The summed E-state index contributed by atoms with van der Waals surface area (Å²) in [6, 6.07) is 0.490. The summed E-state index contributed by atoms with van der Waals surface area (Å²) in [6.07, 6.45) is 2.24. The zero-order valence-corrected chi connectivity index (χ0v) is 14.3. The van der Waals surface area contributed by atoms with Crippen LogP contribution in [0.15, 0.2) is 0 Å². The van der Waals surface area contributed by atoms with Crippen molar-refractivity contribution >= 4 is 22.8 Å². The number of nitrogens with zero attached hydrogens (tertiary/aromatic N) is 2. The van der Waals surface area contributed by atoms with Crippen LogP contribution in [0.3, 0.4) is 0 Å². The highest BCUT2D eigenvalue weighted by Crippen LogP contribution is 2.37. The molecule has 0 spiro atoms. The van der Waals surface area contributed by atoms with Crippen LogP contribution in [0, 0.1) is 11.8 Å². The van der Waals surface area contributed by atoms with Crippen LogP contribution in [0.4, 0.5) is 5.13 Å². The average Bonchev–Trinajstić information content (AvgIpc) is 2.77. The van der Waals surface area contributed by atoms with E-state index in [0.717, 1.165) is 28.5 Å². The predicted octanol–water partition coefficient (Wildman–Crippen LogP) is 4.12. The van der Waals surface area contributed by atoms with Gasteiger partial charge in [0.15, 0.2) is 11.4 Å². The Morgan fingerprint density at radius 1 is 1.30 bits per heavy atom. The highest BCUT2D eigenvalue weighted by Gasteiger charge is 2.32. The number of hydrogen-bond acceptors (Lipinski definition) is 4. The molecule has 1 saturated heterocycles. The Hall–Kier alpha value is -0.900. The van der Waals surface area contributed by atoms with Gasteiger partial charge in [0.1, 0.15) is 0 Å². The maximum atomic E-state index is 11.3. The molecule has 1 fully saturated rings. The van der Waals surface area contributed by atoms with Crippen LogP contribution in [0.25, 0.3) is 0 Å². The van der Waals surface area contributed by atoms with Crippen molar-refractivity contribution in [2.45, 2.75) is 59.4 Å². The first-order chi connectivity index (χ1) is 9.24. The Balaban J connectivity index is 2.37. The molecule has 0 N–H and O–H groups in total. The molecule has 3 nitrogen and oxygen atoms in total. The van der Waals surface area contributed by atoms with Crippen LogP contribution < -0.4 is 4.90 Å². The molecule has 20 heavy (non-hydrogen) atoms. The van der Waals surface area contributed by atoms with E-state index in [1.165, 1.54) is 6.42 Å². The summed E-state index contributed by atoms with van der Waals surface area (Å²) >= 11 is 1.55. The maximum Gasteiger partial charge on any atom is 0.186 e. The summed E-state index contributed by atoms with van der Waals surface area (Å²) in [4.78, 5) is 19.3. The number of hydrogen-bond donors (Lipinski definition) is 0. The predicted molar refractivity (Wildman–Crippen MR) is 86.0 cm³/mol. The Bertz CT molecular complexity index is 489. The third-order valence-electron chi connectivity index (χ3n) is 4.30. The number of aldehydes is 1. The molecule has 3 atom stereocenters. The minimum Gasteiger partial charge on any atom is -0.345 e. The van der Waals surface area contributed by atoms with Gasteiger partial charge in [-0.1, -0.05) is 46.0 Å². The summed E-state index contributed by atoms with van der Waals surface area (Å²) < 4.78 is 0. The van der Waals surface area contributed by atoms with E-state index in [4.69, 9.17) is 4.98 Å². The van der Waals surface area contributed by atoms with E-state index >= 15 is 0 Å². The molecule has 2 rings (SSSR count). The lowest BCUT2D eigenvalue weighted by molar-refractivity contribution is 0.112. The number of carbonyl (C=O) groups is 1. The van der Waals surface area contributed by atoms with Crippen molar-refractivity contribution < 1.29 is 4.79 Å². The number of anilines is 1. The van der Waals surface area contributed by atoms with Gasteiger partial charge in [0.2, 0.25) is 0 Å². The van der Waals surface area contributed by atoms with Crippen LogP contribution in [0.5, 0.6) is 0 Å². The fourth-order valence-corrected chi connectivity index (χ4v) is 4.22. The first kappa shape index (κ1) is 15.5. The second-order valence-corrected chi connectivity index (χ2v) is 8.30. The molecule has 1 aliphatic rings. The minimum absolute atomic E-state index is 0.0821. The smallest absolute Gasteiger partial charge is 0.186 e. The monoisotopic (exact) mass is 294 g/mol. The van der Waals surface area contributed by atoms with Crippen molar-refractivity contribution in [1.29, 1.82) is 0 Å². The first-order valence-electron chi connectivity index (χ1n) is 7.47. The van der Waals surface area contributed by atoms with Crippen molar-refractivity contribution in [1.82, 2.24) is 4.98 Å². The molecule has 0 bridgehead atoms. The number of rotatable bonds is 2. The number of piperidine rings is 1. The summed E-state index contributed by atoms with van der Waals surface area (Å²) in [5, 5.41) is 1.02. The van der Waals surface area contributed by atoms with Crippen LogP contribution in [-0.2, 0) is 5.41 Å². The standard InChI is InChI=1S/C16H26N2OS/c1-10-7-11(2)12(3)18(8-10)15-17-14(16(4,5)6)13(9-19)20-15/h9-12H,7-8H2,1-6H3. The lowest BCUT2D eigenvalue weighted by Gasteiger charge is -2.41. The highest BCUT2D eigenvalue weighted by molar-refractivity contribution is 7.17. The quantitative estimate of drug-likeness (QED) is 0.769. The van der Waals surface area contributed by atoms with Crippen molar-refractivity contribution in [3.8, 4) is 0 Å². The summed E-state index contributed by atoms with van der Waals surface area (Å²) in [6.45, 7) is 14.3. The topological polar surface area (TPSA) is 33.2 Å². The van der Waals surface area contributed by atoms with Crippen LogP contribution >= 0.6 is 11.3 Å². The second-order valence-electron chi connectivity index (χ2n) is 7.29. The van der Waals surface area contributed by atoms with Gasteiger partial charge in [0.25, 0.3) is 0 Å². The lowest BCUT2D eigenvalue weighted by atomic mass is 9.86. The Labute approximate surface area is 126 Å². The molecule has 0 saturated carbocycles. The molecule has 0 aliphatic carbocycles. The fraction of sp³-hybridized carbons (Fsp3) is 0.750. The minimum atomic E-state index is -0.0821. The number of aromatic nitrogens is 1. The van der Waals surface area contributed by atoms with E-state index in [0.29, 0.717) is 17.9 Å². The van der Waals surface area contributed by atoms with Gasteiger partial charge in [-0.25, -0.2) is 4.98 Å². The number of thiazole rings is 1. The molecule has 0 aromatic carbocycles. The zero-order valence-electron chi connectivity index (χ0n) is 13.4. The molecule has 0 radical (unpaired) electrons. The third-order valence-corrected chi connectivity index (χ3v) is 5.32. The van der Waals surface area contributed by atoms with Crippen LogP contribution in [0.1, 0.15) is 63.3 Å². The molecule has 112 valence electrons. The van der Waals surface area contributed by atoms with Gasteiger partial charge >= 0.3 is 0 Å². The van der Waals surface area contributed by atoms with Crippen molar-refractivity contribution in [3.05, 3.63) is 10.6 Å². The van der Waals surface area contributed by atoms with E-state index < -0.39 is 0 Å². The van der Waals surface area contributed by atoms with Gasteiger partial charge in [-0.15, -0.1) is 0 Å². The Kier molecular flexibility index (Phi) is 4.24. The fourth-order valence-electron chi connectivity index (χ4n) is 3.03. The Morgan fingerprint density at radius 3 is 2.45 bits per heavy atom. The van der Waals surface area contributed by atoms with E-state index in [9.17, 15) is 4.79 Å². The van der Waals surface area contributed by atoms with Gasteiger partial charge in [0, 0.05) is 18.0 Å². The molecule has 1 aliphatic heterocycles. The molecule has 4 heteroatoms. The lowest BCUT2D eigenvalue weighted by Crippen LogP contribution is -2.45. The van der Waals surface area contributed by atoms with E-state index in [1.807, 2.05) is 0 Å². The van der Waals surface area contributed by atoms with Crippen molar-refractivity contribution in [3.63, 3.8) is 0 Å². The van der Waals surface area contributed by atoms with Crippen molar-refractivity contribution in [2.75, 3.05) is 11.4 Å². The number of carbonyl (C=O) groups excluding carboxylic acids is 1. The van der Waals surface area contributed by atoms with Gasteiger partial charge in [-0.2, -0.15) is 0 Å². The maximum absolute atomic E-state index is 11.3. The molecule has 0 amide bonds. The second kappa shape index (κ2) is 5.47. The largest absolute Gasteiger partial charge is 0.345 e. The van der Waals surface area contributed by atoms with Gasteiger partial charge in [0.05, 0.1) is 10.6 Å². The van der Waals surface area contributed by atoms with E-state index in [2.05, 4.69) is 46.4 Å². The molecule has 1 aromatic rings. The van der Waals surface area contributed by atoms with E-state index in [-0.39, 0.29) is 5.41 Å². The van der Waals surface area contributed by atoms with E-state index in [1.54, 1.807) is 11.3 Å². The molecular weight excluding hydrogens is 268 g/mol. The van der Waals surface area contributed by atoms with Gasteiger partial charge in [-0.3, -0.25) is 4.79 Å². The molecular formula is C16H26N2OS. The van der Waals surface area contributed by atoms with Crippen LogP contribution in [0.2, 0.25) is 0 Å². The normalized spacial score (nSPS) is 27.7. The van der Waals surface area contributed by atoms with Crippen LogP contribution in [-0.4, -0.2) is 23.9 Å². The highest BCUT2D eigenvalue weighted by atomic mass is 32.1. The SMILES string of the molecule is CC1CC(C)C(C)N(c2nc(C(C)(C)C)c(C=O)s2)C1. The average molecular weight is 294 g/mol. The zero-order chi connectivity index (χ0) is 15.1. The molecule has 3 unspecified atom stereocenters.